The molecule has 4 nitrogen and oxygen atoms in total. The Morgan fingerprint density at radius 1 is 1.47 bits per heavy atom. The summed E-state index contributed by atoms with van der Waals surface area (Å²) in [6.07, 6.45) is 2.40. The van der Waals surface area contributed by atoms with Gasteiger partial charge in [0.25, 0.3) is 0 Å². The molecule has 1 amide bonds. The summed E-state index contributed by atoms with van der Waals surface area (Å²) in [6, 6.07) is 5.89. The number of aliphatic hydroxyl groups excluding tert-OH is 1. The maximum absolute atomic E-state index is 11.5. The Labute approximate surface area is 101 Å². The van der Waals surface area contributed by atoms with Gasteiger partial charge in [-0.1, -0.05) is 12.1 Å². The molecule has 4 heteroatoms. The molecule has 1 heterocycles. The van der Waals surface area contributed by atoms with E-state index in [2.05, 4.69) is 5.32 Å². The van der Waals surface area contributed by atoms with Crippen LogP contribution in [0.1, 0.15) is 17.5 Å². The first kappa shape index (κ1) is 11.9. The number of nitrogens with one attached hydrogen (secondary N) is 1. The van der Waals surface area contributed by atoms with Gasteiger partial charge in [0.15, 0.2) is 0 Å². The maximum atomic E-state index is 11.5. The lowest BCUT2D eigenvalue weighted by Crippen LogP contribution is -2.27. The number of hydrogen-bond donors (Lipinski definition) is 2. The highest BCUT2D eigenvalue weighted by Crippen LogP contribution is 2.25. The molecule has 0 unspecified atom stereocenters. The van der Waals surface area contributed by atoms with Gasteiger partial charge in [-0.15, -0.1) is 0 Å². The van der Waals surface area contributed by atoms with Gasteiger partial charge in [0.2, 0.25) is 5.91 Å². The molecule has 2 N–H and O–H groups in total. The normalized spacial score (nSPS) is 13.7. The van der Waals surface area contributed by atoms with Gasteiger partial charge in [0.05, 0.1) is 19.6 Å². The summed E-state index contributed by atoms with van der Waals surface area (Å²) in [7, 11) is 0. The van der Waals surface area contributed by atoms with Crippen LogP contribution in [0.3, 0.4) is 0 Å². The van der Waals surface area contributed by atoms with Crippen molar-refractivity contribution in [2.75, 3.05) is 19.8 Å². The van der Waals surface area contributed by atoms with Crippen LogP contribution < -0.4 is 10.1 Å². The van der Waals surface area contributed by atoms with E-state index in [1.807, 2.05) is 18.2 Å². The van der Waals surface area contributed by atoms with Crippen LogP contribution in [0.15, 0.2) is 18.2 Å². The van der Waals surface area contributed by atoms with Gasteiger partial charge in [0, 0.05) is 6.54 Å². The minimum Gasteiger partial charge on any atom is -0.493 e. The summed E-state index contributed by atoms with van der Waals surface area (Å²) in [4.78, 5) is 11.5. The Balaban J connectivity index is 1.99. The lowest BCUT2D eigenvalue weighted by molar-refractivity contribution is -0.120. The smallest absolute Gasteiger partial charge is 0.224 e. The summed E-state index contributed by atoms with van der Waals surface area (Å²) in [6.45, 7) is 1.07. The quantitative estimate of drug-likeness (QED) is 0.806. The summed E-state index contributed by atoms with van der Waals surface area (Å²) >= 11 is 0. The molecule has 0 aromatic heterocycles. The van der Waals surface area contributed by atoms with E-state index in [-0.39, 0.29) is 12.5 Å². The number of fused-ring (bicyclic) bond motifs is 1. The van der Waals surface area contributed by atoms with Crippen molar-refractivity contribution in [3.05, 3.63) is 29.3 Å². The Morgan fingerprint density at radius 3 is 3.18 bits per heavy atom. The number of benzene rings is 1. The van der Waals surface area contributed by atoms with E-state index in [9.17, 15) is 4.79 Å². The zero-order chi connectivity index (χ0) is 12.1. The highest BCUT2D eigenvalue weighted by Gasteiger charge is 2.11. The van der Waals surface area contributed by atoms with Crippen LogP contribution in [-0.4, -0.2) is 30.8 Å². The van der Waals surface area contributed by atoms with Gasteiger partial charge in [-0.25, -0.2) is 0 Å². The predicted molar refractivity (Wildman–Crippen MR) is 64.1 cm³/mol. The van der Waals surface area contributed by atoms with Gasteiger partial charge >= 0.3 is 0 Å². The lowest BCUT2D eigenvalue weighted by atomic mass is 10.0. The Kier molecular flexibility index (Phi) is 3.98. The van der Waals surface area contributed by atoms with E-state index in [4.69, 9.17) is 9.84 Å². The van der Waals surface area contributed by atoms with Crippen molar-refractivity contribution in [2.24, 2.45) is 0 Å². The van der Waals surface area contributed by atoms with Crippen molar-refractivity contribution >= 4 is 5.91 Å². The molecule has 2 rings (SSSR count). The molecule has 1 aliphatic heterocycles. The fourth-order valence-electron chi connectivity index (χ4n) is 1.97. The molecule has 0 radical (unpaired) electrons. The topological polar surface area (TPSA) is 58.6 Å². The second-order valence-corrected chi connectivity index (χ2v) is 4.14. The highest BCUT2D eigenvalue weighted by molar-refractivity contribution is 5.78. The van der Waals surface area contributed by atoms with Crippen LogP contribution in [0.2, 0.25) is 0 Å². The number of amides is 1. The summed E-state index contributed by atoms with van der Waals surface area (Å²) in [5.41, 5.74) is 2.17. The van der Waals surface area contributed by atoms with E-state index in [0.717, 1.165) is 30.8 Å². The van der Waals surface area contributed by atoms with Gasteiger partial charge in [-0.2, -0.15) is 0 Å². The van der Waals surface area contributed by atoms with Crippen LogP contribution in [0.5, 0.6) is 5.75 Å². The molecule has 0 aliphatic carbocycles. The van der Waals surface area contributed by atoms with E-state index >= 15 is 0 Å². The summed E-state index contributed by atoms with van der Waals surface area (Å²) in [5.74, 6) is 0.881. The van der Waals surface area contributed by atoms with Crippen molar-refractivity contribution in [3.63, 3.8) is 0 Å². The first-order valence-electron chi connectivity index (χ1n) is 5.92. The third-order valence-electron chi connectivity index (χ3n) is 2.77. The maximum Gasteiger partial charge on any atom is 0.224 e. The third kappa shape index (κ3) is 3.20. The minimum atomic E-state index is -0.0595. The zero-order valence-corrected chi connectivity index (χ0v) is 9.74. The average molecular weight is 235 g/mol. The zero-order valence-electron chi connectivity index (χ0n) is 9.74. The van der Waals surface area contributed by atoms with Gasteiger partial charge in [0.1, 0.15) is 5.75 Å². The Hall–Kier alpha value is -1.55. The molecule has 0 atom stereocenters. The number of carbonyl (C=O) groups is 1. The van der Waals surface area contributed by atoms with Crippen molar-refractivity contribution in [3.8, 4) is 5.75 Å². The van der Waals surface area contributed by atoms with Crippen LogP contribution in [0.25, 0.3) is 0 Å². The highest BCUT2D eigenvalue weighted by atomic mass is 16.5. The molecule has 0 saturated carbocycles. The fraction of sp³-hybridized carbons (Fsp3) is 0.462. The Bertz CT molecular complexity index is 404. The van der Waals surface area contributed by atoms with Crippen molar-refractivity contribution in [2.45, 2.75) is 19.3 Å². The molecule has 0 spiro atoms. The number of carbonyl (C=O) groups excluding carboxylic acids is 1. The lowest BCUT2D eigenvalue weighted by Gasteiger charge is -2.17. The summed E-state index contributed by atoms with van der Waals surface area (Å²) in [5, 5.41) is 11.2. The van der Waals surface area contributed by atoms with Crippen LogP contribution in [-0.2, 0) is 17.6 Å². The third-order valence-corrected chi connectivity index (χ3v) is 2.77. The molecular weight excluding hydrogens is 218 g/mol. The van der Waals surface area contributed by atoms with E-state index in [1.54, 1.807) is 0 Å². The monoisotopic (exact) mass is 235 g/mol. The molecule has 0 saturated heterocycles. The summed E-state index contributed by atoms with van der Waals surface area (Å²) < 4.78 is 5.51. The minimum absolute atomic E-state index is 0.0240. The molecular formula is C13H17NO3. The number of ether oxygens (including phenoxy) is 1. The van der Waals surface area contributed by atoms with Crippen LogP contribution in [0, 0.1) is 0 Å². The van der Waals surface area contributed by atoms with Gasteiger partial charge < -0.3 is 15.2 Å². The number of aliphatic hydroxyl groups is 1. The number of rotatable bonds is 4. The van der Waals surface area contributed by atoms with Crippen molar-refractivity contribution in [1.82, 2.24) is 5.32 Å². The van der Waals surface area contributed by atoms with Gasteiger partial charge in [-0.05, 0) is 30.0 Å². The van der Waals surface area contributed by atoms with Crippen molar-refractivity contribution in [1.29, 1.82) is 0 Å². The van der Waals surface area contributed by atoms with E-state index < -0.39 is 0 Å². The fourth-order valence-corrected chi connectivity index (χ4v) is 1.97. The second kappa shape index (κ2) is 5.68. The van der Waals surface area contributed by atoms with E-state index in [0.29, 0.717) is 13.0 Å². The van der Waals surface area contributed by atoms with Crippen molar-refractivity contribution < 1.29 is 14.6 Å². The Morgan fingerprint density at radius 2 is 2.35 bits per heavy atom. The number of hydrogen-bond acceptors (Lipinski definition) is 3. The standard InChI is InChI=1S/C13H17NO3/c15-6-5-14-13(16)9-10-3-4-12-11(8-10)2-1-7-17-12/h3-4,8,15H,1-2,5-7,9H2,(H,14,16). The van der Waals surface area contributed by atoms with Crippen LogP contribution in [0.4, 0.5) is 0 Å². The largest absolute Gasteiger partial charge is 0.493 e. The molecule has 0 bridgehead atoms. The molecule has 17 heavy (non-hydrogen) atoms. The molecule has 1 aromatic rings. The number of aryl methyl sites for hydroxylation is 1. The SMILES string of the molecule is O=C(Cc1ccc2c(c1)CCCO2)NCCO. The average Bonchev–Trinajstić information content (AvgIpc) is 2.36. The molecule has 1 aromatic carbocycles. The van der Waals surface area contributed by atoms with E-state index in [1.165, 1.54) is 5.56 Å². The molecule has 92 valence electrons. The van der Waals surface area contributed by atoms with Crippen LogP contribution >= 0.6 is 0 Å². The second-order valence-electron chi connectivity index (χ2n) is 4.14. The molecule has 1 aliphatic rings. The molecule has 0 fully saturated rings. The van der Waals surface area contributed by atoms with Gasteiger partial charge in [-0.3, -0.25) is 4.79 Å². The first-order valence-corrected chi connectivity index (χ1v) is 5.92. The predicted octanol–water partition coefficient (Wildman–Crippen LogP) is 0.663. The first-order chi connectivity index (χ1) is 8.29.